The van der Waals surface area contributed by atoms with Crippen LogP contribution in [0, 0.1) is 0 Å². The molecule has 0 amide bonds. The van der Waals surface area contributed by atoms with Crippen molar-refractivity contribution in [1.82, 2.24) is 4.90 Å². The maximum Gasteiger partial charge on any atom is 0.351 e. The molecular formula is C7H11NO3S. The molecule has 12 heavy (non-hydrogen) atoms. The van der Waals surface area contributed by atoms with Gasteiger partial charge < -0.3 is 10.2 Å². The fraction of sp³-hybridized carbons (Fsp3) is 0.857. The third-order valence-electron chi connectivity index (χ3n) is 2.82. The molecule has 5 heteroatoms. The molecule has 0 aromatic rings. The Bertz CT molecular complexity index is 235. The SMILES string of the molecule is O=C(O)C1(O)CC(S)C2CCN21. The van der Waals surface area contributed by atoms with Gasteiger partial charge in [0.15, 0.2) is 0 Å². The molecule has 4 nitrogen and oxygen atoms in total. The standard InChI is InChI=1S/C7H11NO3S/c9-6(10)7(11)3-5(12)4-1-2-8(4)7/h4-5,11-12H,1-3H2,(H,9,10). The summed E-state index contributed by atoms with van der Waals surface area (Å²) >= 11 is 4.24. The summed E-state index contributed by atoms with van der Waals surface area (Å²) < 4.78 is 0. The number of carbonyl (C=O) groups is 1. The molecule has 2 aliphatic rings. The van der Waals surface area contributed by atoms with Gasteiger partial charge in [-0.2, -0.15) is 12.6 Å². The van der Waals surface area contributed by atoms with E-state index in [0.717, 1.165) is 6.42 Å². The Kier molecular flexibility index (Phi) is 1.65. The number of aliphatic carboxylic acids is 1. The van der Waals surface area contributed by atoms with E-state index in [1.165, 1.54) is 0 Å². The molecule has 0 aromatic carbocycles. The number of carboxylic acid groups (broad SMARTS) is 1. The summed E-state index contributed by atoms with van der Waals surface area (Å²) in [6, 6.07) is 0.162. The first-order valence-electron chi connectivity index (χ1n) is 3.96. The summed E-state index contributed by atoms with van der Waals surface area (Å²) in [6.07, 6.45) is 1.18. The Morgan fingerprint density at radius 2 is 2.33 bits per heavy atom. The van der Waals surface area contributed by atoms with Crippen LogP contribution >= 0.6 is 12.6 Å². The van der Waals surface area contributed by atoms with E-state index in [4.69, 9.17) is 5.11 Å². The fourth-order valence-electron chi connectivity index (χ4n) is 2.02. The lowest BCUT2D eigenvalue weighted by atomic mass is 10.0. The van der Waals surface area contributed by atoms with Gasteiger partial charge in [-0.25, -0.2) is 4.79 Å². The molecular weight excluding hydrogens is 178 g/mol. The van der Waals surface area contributed by atoms with Crippen molar-refractivity contribution >= 4 is 18.6 Å². The molecule has 68 valence electrons. The molecule has 0 saturated carbocycles. The molecule has 0 aliphatic carbocycles. The molecule has 0 bridgehead atoms. The Labute approximate surface area is 75.6 Å². The molecule has 2 N–H and O–H groups in total. The fourth-order valence-corrected chi connectivity index (χ4v) is 2.59. The quantitative estimate of drug-likeness (QED) is 0.488. The Balaban J connectivity index is 2.24. The third-order valence-corrected chi connectivity index (χ3v) is 3.35. The van der Waals surface area contributed by atoms with Crippen molar-refractivity contribution in [3.05, 3.63) is 0 Å². The second kappa shape index (κ2) is 2.37. The van der Waals surface area contributed by atoms with Crippen LogP contribution < -0.4 is 0 Å². The molecule has 2 saturated heterocycles. The number of thiol groups is 1. The molecule has 3 atom stereocenters. The number of carboxylic acids is 1. The van der Waals surface area contributed by atoms with Crippen molar-refractivity contribution in [3.63, 3.8) is 0 Å². The van der Waals surface area contributed by atoms with Crippen LogP contribution in [0.2, 0.25) is 0 Å². The van der Waals surface area contributed by atoms with Gasteiger partial charge >= 0.3 is 5.97 Å². The number of fused-ring (bicyclic) bond motifs is 1. The van der Waals surface area contributed by atoms with Crippen molar-refractivity contribution in [1.29, 1.82) is 0 Å². The first-order chi connectivity index (χ1) is 5.55. The van der Waals surface area contributed by atoms with Crippen molar-refractivity contribution in [2.45, 2.75) is 29.9 Å². The highest BCUT2D eigenvalue weighted by atomic mass is 32.1. The molecule has 2 aliphatic heterocycles. The van der Waals surface area contributed by atoms with Crippen molar-refractivity contribution in [2.24, 2.45) is 0 Å². The number of nitrogens with zero attached hydrogens (tertiary/aromatic N) is 1. The van der Waals surface area contributed by atoms with Crippen LogP contribution in [0.1, 0.15) is 12.8 Å². The van der Waals surface area contributed by atoms with Crippen LogP contribution in [-0.2, 0) is 4.79 Å². The summed E-state index contributed by atoms with van der Waals surface area (Å²) in [5.74, 6) is -1.15. The summed E-state index contributed by atoms with van der Waals surface area (Å²) in [5.41, 5.74) is -1.64. The van der Waals surface area contributed by atoms with Crippen LogP contribution in [0.4, 0.5) is 0 Å². The van der Waals surface area contributed by atoms with E-state index in [1.807, 2.05) is 0 Å². The molecule has 0 radical (unpaired) electrons. The molecule has 0 spiro atoms. The topological polar surface area (TPSA) is 60.8 Å². The predicted molar refractivity (Wildman–Crippen MR) is 45.1 cm³/mol. The first kappa shape index (κ1) is 8.34. The van der Waals surface area contributed by atoms with Gasteiger partial charge in [0.25, 0.3) is 0 Å². The van der Waals surface area contributed by atoms with Crippen molar-refractivity contribution in [2.75, 3.05) is 6.54 Å². The van der Waals surface area contributed by atoms with E-state index in [1.54, 1.807) is 4.90 Å². The highest BCUT2D eigenvalue weighted by molar-refractivity contribution is 7.81. The zero-order valence-electron chi connectivity index (χ0n) is 6.47. The van der Waals surface area contributed by atoms with Gasteiger partial charge in [0.2, 0.25) is 5.72 Å². The Morgan fingerprint density at radius 1 is 1.67 bits per heavy atom. The van der Waals surface area contributed by atoms with Crippen molar-refractivity contribution in [3.8, 4) is 0 Å². The zero-order chi connectivity index (χ0) is 8.93. The number of hydrogen-bond acceptors (Lipinski definition) is 4. The number of rotatable bonds is 1. The largest absolute Gasteiger partial charge is 0.478 e. The predicted octanol–water partition coefficient (Wildman–Crippen LogP) is -0.464. The minimum absolute atomic E-state index is 0.000139. The van der Waals surface area contributed by atoms with E-state index >= 15 is 0 Å². The van der Waals surface area contributed by atoms with Crippen LogP contribution in [0.3, 0.4) is 0 Å². The zero-order valence-corrected chi connectivity index (χ0v) is 7.37. The van der Waals surface area contributed by atoms with Crippen LogP contribution in [0.25, 0.3) is 0 Å². The number of hydrogen-bond donors (Lipinski definition) is 3. The van der Waals surface area contributed by atoms with E-state index in [0.29, 0.717) is 6.54 Å². The minimum atomic E-state index is -1.64. The Hall–Kier alpha value is -0.260. The maximum atomic E-state index is 10.7. The van der Waals surface area contributed by atoms with Gasteiger partial charge in [0.1, 0.15) is 0 Å². The van der Waals surface area contributed by atoms with Gasteiger partial charge in [0, 0.05) is 24.3 Å². The van der Waals surface area contributed by atoms with E-state index < -0.39 is 11.7 Å². The first-order valence-corrected chi connectivity index (χ1v) is 4.48. The van der Waals surface area contributed by atoms with E-state index in [-0.39, 0.29) is 17.7 Å². The third kappa shape index (κ3) is 0.841. The van der Waals surface area contributed by atoms with Gasteiger partial charge in [0.05, 0.1) is 0 Å². The lowest BCUT2D eigenvalue weighted by molar-refractivity contribution is -0.186. The molecule has 2 heterocycles. The molecule has 2 fully saturated rings. The maximum absolute atomic E-state index is 10.7. The van der Waals surface area contributed by atoms with Gasteiger partial charge in [-0.3, -0.25) is 4.90 Å². The van der Waals surface area contributed by atoms with Crippen molar-refractivity contribution < 1.29 is 15.0 Å². The van der Waals surface area contributed by atoms with Crippen LogP contribution in [0.5, 0.6) is 0 Å². The van der Waals surface area contributed by atoms with Gasteiger partial charge in [-0.1, -0.05) is 0 Å². The lowest BCUT2D eigenvalue weighted by Gasteiger charge is -2.41. The number of aliphatic hydroxyl groups is 1. The average molecular weight is 189 g/mol. The van der Waals surface area contributed by atoms with E-state index in [2.05, 4.69) is 12.6 Å². The van der Waals surface area contributed by atoms with E-state index in [9.17, 15) is 9.90 Å². The molecule has 3 unspecified atom stereocenters. The second-order valence-electron chi connectivity index (χ2n) is 3.44. The van der Waals surface area contributed by atoms with Crippen LogP contribution in [-0.4, -0.2) is 44.6 Å². The lowest BCUT2D eigenvalue weighted by Crippen LogP contribution is -2.59. The van der Waals surface area contributed by atoms with Gasteiger partial charge in [-0.15, -0.1) is 0 Å². The Morgan fingerprint density at radius 3 is 2.58 bits per heavy atom. The molecule has 0 aromatic heterocycles. The van der Waals surface area contributed by atoms with Gasteiger partial charge in [-0.05, 0) is 6.42 Å². The second-order valence-corrected chi connectivity index (χ2v) is 4.11. The summed E-state index contributed by atoms with van der Waals surface area (Å²) in [6.45, 7) is 0.671. The normalized spacial score (nSPS) is 46.8. The monoisotopic (exact) mass is 189 g/mol. The highest BCUT2D eigenvalue weighted by Crippen LogP contribution is 2.42. The summed E-state index contributed by atoms with van der Waals surface area (Å²) in [5, 5.41) is 18.5. The summed E-state index contributed by atoms with van der Waals surface area (Å²) in [7, 11) is 0. The smallest absolute Gasteiger partial charge is 0.351 e. The average Bonchev–Trinajstić information content (AvgIpc) is 1.97. The highest BCUT2D eigenvalue weighted by Gasteiger charge is 2.58. The minimum Gasteiger partial charge on any atom is -0.478 e. The molecule has 2 rings (SSSR count). The van der Waals surface area contributed by atoms with Crippen LogP contribution in [0.15, 0.2) is 0 Å². The summed E-state index contributed by atoms with van der Waals surface area (Å²) in [4.78, 5) is 12.4.